The molecule has 3 nitrogen and oxygen atoms in total. The molecule has 1 atom stereocenters. The highest BCUT2D eigenvalue weighted by Crippen LogP contribution is 2.18. The molecule has 1 N–H and O–H groups in total. The lowest BCUT2D eigenvalue weighted by Crippen LogP contribution is -2.41. The van der Waals surface area contributed by atoms with Crippen molar-refractivity contribution >= 4 is 21.8 Å². The number of hydrogen-bond donors (Lipinski definition) is 1. The number of hydrogen-bond acceptors (Lipinski definition) is 2. The maximum Gasteiger partial charge on any atom is 0.240 e. The van der Waals surface area contributed by atoms with Gasteiger partial charge in [-0.2, -0.15) is 0 Å². The zero-order valence-corrected chi connectivity index (χ0v) is 12.4. The molecule has 0 spiro atoms. The fraction of sp³-hybridized carbons (Fsp3) is 0.500. The van der Waals surface area contributed by atoms with Gasteiger partial charge in [0.2, 0.25) is 5.91 Å². The molecule has 0 bridgehead atoms. The normalized spacial score (nSPS) is 19.9. The number of likely N-dealkylation sites (tertiary alicyclic amines) is 1. The number of nitrogens with one attached hydrogen (secondary N) is 1. The Hall–Kier alpha value is -0.870. The Labute approximate surface area is 117 Å². The molecule has 1 aliphatic heterocycles. The van der Waals surface area contributed by atoms with E-state index in [1.807, 2.05) is 17.0 Å². The van der Waals surface area contributed by atoms with E-state index < -0.39 is 0 Å². The third kappa shape index (κ3) is 3.33. The summed E-state index contributed by atoms with van der Waals surface area (Å²) >= 11 is 3.46. The van der Waals surface area contributed by atoms with Crippen molar-refractivity contribution in [1.29, 1.82) is 0 Å². The van der Waals surface area contributed by atoms with Crippen molar-refractivity contribution in [3.05, 3.63) is 34.3 Å². The zero-order chi connectivity index (χ0) is 13.1. The van der Waals surface area contributed by atoms with Crippen molar-refractivity contribution < 1.29 is 4.79 Å². The molecule has 0 radical (unpaired) electrons. The Morgan fingerprint density at radius 2 is 2.28 bits per heavy atom. The van der Waals surface area contributed by atoms with Crippen LogP contribution in [0.3, 0.4) is 0 Å². The van der Waals surface area contributed by atoms with Crippen LogP contribution in [0.1, 0.15) is 25.8 Å². The van der Waals surface area contributed by atoms with Crippen LogP contribution in [-0.2, 0) is 11.3 Å². The van der Waals surface area contributed by atoms with Crippen LogP contribution in [0.15, 0.2) is 28.7 Å². The van der Waals surface area contributed by atoms with E-state index in [1.54, 1.807) is 0 Å². The lowest BCUT2D eigenvalue weighted by atomic mass is 10.2. The molecule has 1 heterocycles. The standard InChI is InChI=1S/C14H19BrN2O/c1-10(2)16-13-6-7-17(14(13)18)9-11-4-3-5-12(15)8-11/h3-5,8,10,13,16H,6-7,9H2,1-2H3. The molecule has 1 amide bonds. The van der Waals surface area contributed by atoms with Crippen LogP contribution >= 0.6 is 15.9 Å². The number of rotatable bonds is 4. The molecular weight excluding hydrogens is 292 g/mol. The molecule has 0 aromatic heterocycles. The van der Waals surface area contributed by atoms with E-state index in [1.165, 1.54) is 5.56 Å². The lowest BCUT2D eigenvalue weighted by molar-refractivity contribution is -0.130. The van der Waals surface area contributed by atoms with Gasteiger partial charge in [0.15, 0.2) is 0 Å². The molecule has 1 aliphatic rings. The molecule has 2 rings (SSSR count). The summed E-state index contributed by atoms with van der Waals surface area (Å²) in [6.07, 6.45) is 0.908. The van der Waals surface area contributed by atoms with E-state index in [4.69, 9.17) is 0 Å². The number of carbonyl (C=O) groups is 1. The number of benzene rings is 1. The van der Waals surface area contributed by atoms with Gasteiger partial charge in [-0.25, -0.2) is 0 Å². The van der Waals surface area contributed by atoms with Gasteiger partial charge in [0.25, 0.3) is 0 Å². The summed E-state index contributed by atoms with van der Waals surface area (Å²) in [6, 6.07) is 8.47. The molecular formula is C14H19BrN2O. The summed E-state index contributed by atoms with van der Waals surface area (Å²) in [5.41, 5.74) is 1.17. The van der Waals surface area contributed by atoms with Crippen molar-refractivity contribution in [2.24, 2.45) is 0 Å². The van der Waals surface area contributed by atoms with Gasteiger partial charge in [0, 0.05) is 23.6 Å². The Kier molecular flexibility index (Phi) is 4.40. The molecule has 4 heteroatoms. The van der Waals surface area contributed by atoms with Crippen molar-refractivity contribution in [1.82, 2.24) is 10.2 Å². The quantitative estimate of drug-likeness (QED) is 0.927. The summed E-state index contributed by atoms with van der Waals surface area (Å²) in [6.45, 7) is 5.69. The number of halogens is 1. The molecule has 1 aromatic carbocycles. The average Bonchev–Trinajstić information content (AvgIpc) is 2.61. The topological polar surface area (TPSA) is 32.3 Å². The zero-order valence-electron chi connectivity index (χ0n) is 10.8. The van der Waals surface area contributed by atoms with Crippen molar-refractivity contribution in [2.45, 2.75) is 38.9 Å². The molecule has 98 valence electrons. The Morgan fingerprint density at radius 1 is 1.50 bits per heavy atom. The number of carbonyl (C=O) groups excluding carboxylic acids is 1. The summed E-state index contributed by atoms with van der Waals surface area (Å²) in [4.78, 5) is 14.1. The van der Waals surface area contributed by atoms with Crippen molar-refractivity contribution in [2.75, 3.05) is 6.54 Å². The summed E-state index contributed by atoms with van der Waals surface area (Å²) in [7, 11) is 0. The predicted molar refractivity (Wildman–Crippen MR) is 76.2 cm³/mol. The Balaban J connectivity index is 1.97. The first-order valence-corrected chi connectivity index (χ1v) is 7.15. The second-order valence-corrected chi connectivity index (χ2v) is 5.97. The highest BCUT2D eigenvalue weighted by molar-refractivity contribution is 9.10. The number of nitrogens with zero attached hydrogens (tertiary/aromatic N) is 1. The molecule has 0 aliphatic carbocycles. The van der Waals surface area contributed by atoms with E-state index in [0.717, 1.165) is 17.4 Å². The van der Waals surface area contributed by atoms with Crippen LogP contribution in [0.25, 0.3) is 0 Å². The molecule has 1 aromatic rings. The predicted octanol–water partition coefficient (Wildman–Crippen LogP) is 2.55. The Morgan fingerprint density at radius 3 is 2.94 bits per heavy atom. The van der Waals surface area contributed by atoms with Crippen LogP contribution in [0, 0.1) is 0 Å². The second-order valence-electron chi connectivity index (χ2n) is 5.05. The maximum atomic E-state index is 12.2. The van der Waals surface area contributed by atoms with Crippen LogP contribution in [0.5, 0.6) is 0 Å². The molecule has 1 fully saturated rings. The van der Waals surface area contributed by atoms with E-state index in [2.05, 4.69) is 47.2 Å². The highest BCUT2D eigenvalue weighted by Gasteiger charge is 2.31. The third-order valence-electron chi connectivity index (χ3n) is 3.09. The SMILES string of the molecule is CC(C)NC1CCN(Cc2cccc(Br)c2)C1=O. The van der Waals surface area contributed by atoms with Crippen LogP contribution in [-0.4, -0.2) is 29.4 Å². The highest BCUT2D eigenvalue weighted by atomic mass is 79.9. The first-order chi connectivity index (χ1) is 8.56. The summed E-state index contributed by atoms with van der Waals surface area (Å²) < 4.78 is 1.06. The maximum absolute atomic E-state index is 12.2. The van der Waals surface area contributed by atoms with Crippen LogP contribution < -0.4 is 5.32 Å². The first-order valence-electron chi connectivity index (χ1n) is 6.35. The number of amides is 1. The van der Waals surface area contributed by atoms with Gasteiger partial charge in [-0.3, -0.25) is 4.79 Å². The minimum Gasteiger partial charge on any atom is -0.337 e. The van der Waals surface area contributed by atoms with Gasteiger partial charge in [-0.1, -0.05) is 41.9 Å². The van der Waals surface area contributed by atoms with Crippen LogP contribution in [0.2, 0.25) is 0 Å². The van der Waals surface area contributed by atoms with Crippen LogP contribution in [0.4, 0.5) is 0 Å². The largest absolute Gasteiger partial charge is 0.337 e. The fourth-order valence-electron chi connectivity index (χ4n) is 2.31. The van der Waals surface area contributed by atoms with Gasteiger partial charge >= 0.3 is 0 Å². The summed E-state index contributed by atoms with van der Waals surface area (Å²) in [5.74, 6) is 0.226. The average molecular weight is 311 g/mol. The van der Waals surface area contributed by atoms with Gasteiger partial charge < -0.3 is 10.2 Å². The smallest absolute Gasteiger partial charge is 0.240 e. The third-order valence-corrected chi connectivity index (χ3v) is 3.59. The van der Waals surface area contributed by atoms with E-state index in [-0.39, 0.29) is 11.9 Å². The van der Waals surface area contributed by atoms with E-state index in [0.29, 0.717) is 12.6 Å². The fourth-order valence-corrected chi connectivity index (χ4v) is 2.76. The van der Waals surface area contributed by atoms with Gasteiger partial charge in [-0.05, 0) is 24.1 Å². The minimum absolute atomic E-state index is 0.00264. The van der Waals surface area contributed by atoms with Crippen molar-refractivity contribution in [3.8, 4) is 0 Å². The lowest BCUT2D eigenvalue weighted by Gasteiger charge is -2.18. The van der Waals surface area contributed by atoms with E-state index in [9.17, 15) is 4.79 Å². The summed E-state index contributed by atoms with van der Waals surface area (Å²) in [5, 5.41) is 3.32. The second kappa shape index (κ2) is 5.85. The monoisotopic (exact) mass is 310 g/mol. The van der Waals surface area contributed by atoms with Crippen molar-refractivity contribution in [3.63, 3.8) is 0 Å². The van der Waals surface area contributed by atoms with Gasteiger partial charge in [-0.15, -0.1) is 0 Å². The van der Waals surface area contributed by atoms with Gasteiger partial charge in [0.05, 0.1) is 6.04 Å². The molecule has 1 unspecified atom stereocenters. The molecule has 1 saturated heterocycles. The molecule has 18 heavy (non-hydrogen) atoms. The first kappa shape index (κ1) is 13.6. The Bertz CT molecular complexity index is 434. The van der Waals surface area contributed by atoms with Gasteiger partial charge in [0.1, 0.15) is 0 Å². The molecule has 0 saturated carbocycles. The van der Waals surface area contributed by atoms with E-state index >= 15 is 0 Å². The minimum atomic E-state index is -0.00264.